The highest BCUT2D eigenvalue weighted by Gasteiger charge is 2.11. The fourth-order valence-electron chi connectivity index (χ4n) is 2.08. The van der Waals surface area contributed by atoms with Gasteiger partial charge in [-0.25, -0.2) is 4.98 Å². The molecule has 1 aromatic rings. The van der Waals surface area contributed by atoms with Gasteiger partial charge in [0.25, 0.3) is 0 Å². The Labute approximate surface area is 119 Å². The van der Waals surface area contributed by atoms with Gasteiger partial charge in [0, 0.05) is 12.6 Å². The molecule has 5 heteroatoms. The van der Waals surface area contributed by atoms with Crippen molar-refractivity contribution < 1.29 is 4.79 Å². The molecule has 0 saturated carbocycles. The summed E-state index contributed by atoms with van der Waals surface area (Å²) >= 11 is 5.94. The first-order chi connectivity index (χ1) is 9.17. The molecule has 0 spiro atoms. The first-order valence-electron chi connectivity index (χ1n) is 6.77. The van der Waals surface area contributed by atoms with E-state index in [1.165, 1.54) is 0 Å². The first-order valence-corrected chi connectivity index (χ1v) is 7.15. The summed E-state index contributed by atoms with van der Waals surface area (Å²) in [6.45, 7) is 2.83. The molecule has 4 nitrogen and oxygen atoms in total. The number of nitrogens with one attached hydrogen (secondary N) is 1. The fraction of sp³-hybridized carbons (Fsp3) is 0.571. The lowest BCUT2D eigenvalue weighted by molar-refractivity contribution is -0.116. The van der Waals surface area contributed by atoms with E-state index < -0.39 is 0 Å². The number of rotatable bonds is 8. The number of carbonyl (C=O) groups excluding carboxylic acids is 1. The van der Waals surface area contributed by atoms with E-state index in [2.05, 4.69) is 17.2 Å². The number of nitrogens with two attached hydrogens (primary N) is 1. The van der Waals surface area contributed by atoms with Crippen LogP contribution in [0.5, 0.6) is 0 Å². The Kier molecular flexibility index (Phi) is 7.45. The third-order valence-electron chi connectivity index (χ3n) is 3.07. The topological polar surface area (TPSA) is 68.0 Å². The van der Waals surface area contributed by atoms with Crippen molar-refractivity contribution in [2.24, 2.45) is 11.7 Å². The Balaban J connectivity index is 2.40. The molecule has 1 atom stereocenters. The average molecular weight is 284 g/mol. The van der Waals surface area contributed by atoms with E-state index in [0.29, 0.717) is 29.7 Å². The molecule has 106 valence electrons. The molecule has 0 aliphatic heterocycles. The third kappa shape index (κ3) is 6.03. The van der Waals surface area contributed by atoms with Gasteiger partial charge in [-0.15, -0.1) is 0 Å². The van der Waals surface area contributed by atoms with Crippen molar-refractivity contribution in [1.82, 2.24) is 4.98 Å². The molecule has 1 rings (SSSR count). The monoisotopic (exact) mass is 283 g/mol. The predicted molar refractivity (Wildman–Crippen MR) is 79.2 cm³/mol. The number of hydrogen-bond acceptors (Lipinski definition) is 3. The zero-order valence-corrected chi connectivity index (χ0v) is 12.1. The second kappa shape index (κ2) is 8.88. The molecular weight excluding hydrogens is 262 g/mol. The third-order valence-corrected chi connectivity index (χ3v) is 3.37. The molecule has 0 fully saturated rings. The molecule has 1 aromatic heterocycles. The van der Waals surface area contributed by atoms with Crippen molar-refractivity contribution in [2.75, 3.05) is 11.9 Å². The normalized spacial score (nSPS) is 12.2. The van der Waals surface area contributed by atoms with Crippen molar-refractivity contribution in [2.45, 2.75) is 39.0 Å². The fourth-order valence-corrected chi connectivity index (χ4v) is 2.25. The van der Waals surface area contributed by atoms with Crippen LogP contribution in [0.2, 0.25) is 5.02 Å². The molecule has 0 radical (unpaired) electrons. The summed E-state index contributed by atoms with van der Waals surface area (Å²) in [6.07, 6.45) is 6.17. The summed E-state index contributed by atoms with van der Waals surface area (Å²) < 4.78 is 0. The van der Waals surface area contributed by atoms with Crippen LogP contribution in [0.15, 0.2) is 18.3 Å². The number of amides is 1. The van der Waals surface area contributed by atoms with Crippen molar-refractivity contribution in [1.29, 1.82) is 0 Å². The largest absolute Gasteiger partial charge is 0.330 e. The van der Waals surface area contributed by atoms with Crippen LogP contribution in [0.4, 0.5) is 5.82 Å². The van der Waals surface area contributed by atoms with Crippen LogP contribution in [0.1, 0.15) is 39.0 Å². The summed E-state index contributed by atoms with van der Waals surface area (Å²) in [6, 6.07) is 3.44. The number of anilines is 1. The van der Waals surface area contributed by atoms with Gasteiger partial charge in [0.1, 0.15) is 0 Å². The lowest BCUT2D eigenvalue weighted by atomic mass is 9.94. The van der Waals surface area contributed by atoms with Crippen LogP contribution in [0.25, 0.3) is 0 Å². The maximum absolute atomic E-state index is 11.8. The minimum absolute atomic E-state index is 0.0428. The number of aromatic nitrogens is 1. The number of halogens is 1. The molecular formula is C14H22ClN3O. The number of pyridine rings is 1. The predicted octanol–water partition coefficient (Wildman–Crippen LogP) is 3.22. The van der Waals surface area contributed by atoms with E-state index in [0.717, 1.165) is 25.7 Å². The van der Waals surface area contributed by atoms with Gasteiger partial charge in [-0.2, -0.15) is 0 Å². The zero-order chi connectivity index (χ0) is 14.1. The van der Waals surface area contributed by atoms with Gasteiger partial charge >= 0.3 is 0 Å². The summed E-state index contributed by atoms with van der Waals surface area (Å²) in [7, 11) is 0. The van der Waals surface area contributed by atoms with Gasteiger partial charge in [-0.05, 0) is 37.4 Å². The Morgan fingerprint density at radius 1 is 1.47 bits per heavy atom. The van der Waals surface area contributed by atoms with E-state index in [-0.39, 0.29) is 5.91 Å². The maximum Gasteiger partial charge on any atom is 0.225 e. The molecule has 19 heavy (non-hydrogen) atoms. The summed E-state index contributed by atoms with van der Waals surface area (Å²) in [5.41, 5.74) is 5.58. The van der Waals surface area contributed by atoms with Crippen LogP contribution in [0, 0.1) is 5.92 Å². The molecule has 1 unspecified atom stereocenters. The molecule has 0 saturated heterocycles. The van der Waals surface area contributed by atoms with Gasteiger partial charge in [-0.3, -0.25) is 4.79 Å². The van der Waals surface area contributed by atoms with Gasteiger partial charge < -0.3 is 11.1 Å². The van der Waals surface area contributed by atoms with Crippen LogP contribution < -0.4 is 11.1 Å². The second-order valence-electron chi connectivity index (χ2n) is 4.65. The molecule has 3 N–H and O–H groups in total. The number of hydrogen-bond donors (Lipinski definition) is 2. The average Bonchev–Trinajstić information content (AvgIpc) is 2.39. The molecule has 0 aliphatic carbocycles. The maximum atomic E-state index is 11.8. The smallest absolute Gasteiger partial charge is 0.225 e. The second-order valence-corrected chi connectivity index (χ2v) is 5.06. The lowest BCUT2D eigenvalue weighted by Crippen LogP contribution is -2.16. The van der Waals surface area contributed by atoms with Gasteiger partial charge in [0.2, 0.25) is 5.91 Å². The van der Waals surface area contributed by atoms with E-state index in [4.69, 9.17) is 17.3 Å². The van der Waals surface area contributed by atoms with Gasteiger partial charge in [-0.1, -0.05) is 31.4 Å². The minimum atomic E-state index is -0.0428. The summed E-state index contributed by atoms with van der Waals surface area (Å²) in [5, 5.41) is 3.20. The van der Waals surface area contributed by atoms with Crippen LogP contribution >= 0.6 is 11.6 Å². The highest BCUT2D eigenvalue weighted by atomic mass is 35.5. The van der Waals surface area contributed by atoms with Gasteiger partial charge in [0.05, 0.1) is 5.02 Å². The minimum Gasteiger partial charge on any atom is -0.330 e. The van der Waals surface area contributed by atoms with Crippen molar-refractivity contribution in [3.8, 4) is 0 Å². The Hall–Kier alpha value is -1.13. The van der Waals surface area contributed by atoms with Crippen molar-refractivity contribution in [3.63, 3.8) is 0 Å². The quantitative estimate of drug-likeness (QED) is 0.770. The molecule has 0 bridgehead atoms. The Morgan fingerprint density at radius 3 is 2.89 bits per heavy atom. The summed E-state index contributed by atoms with van der Waals surface area (Å²) in [4.78, 5) is 15.9. The Morgan fingerprint density at radius 2 is 2.26 bits per heavy atom. The Bertz CT molecular complexity index is 392. The highest BCUT2D eigenvalue weighted by molar-refractivity contribution is 6.33. The lowest BCUT2D eigenvalue weighted by Gasteiger charge is -2.14. The van der Waals surface area contributed by atoms with E-state index in [1.807, 2.05) is 0 Å². The van der Waals surface area contributed by atoms with Crippen LogP contribution in [-0.4, -0.2) is 17.4 Å². The molecule has 1 amide bonds. The molecule has 1 heterocycles. The van der Waals surface area contributed by atoms with Crippen LogP contribution in [0.3, 0.4) is 0 Å². The highest BCUT2D eigenvalue weighted by Crippen LogP contribution is 2.20. The standard InChI is InChI=1S/C14H22ClN3O/c1-2-4-11(8-9-16)6-7-13(19)18-14-12(15)5-3-10-17-14/h3,5,10-11H,2,4,6-9,16H2,1H3,(H,17,18,19). The van der Waals surface area contributed by atoms with E-state index >= 15 is 0 Å². The number of nitrogens with zero attached hydrogens (tertiary/aromatic N) is 1. The van der Waals surface area contributed by atoms with Gasteiger partial charge in [0.15, 0.2) is 5.82 Å². The zero-order valence-electron chi connectivity index (χ0n) is 11.4. The summed E-state index contributed by atoms with van der Waals surface area (Å²) in [5.74, 6) is 0.915. The first kappa shape index (κ1) is 15.9. The van der Waals surface area contributed by atoms with E-state index in [9.17, 15) is 4.79 Å². The van der Waals surface area contributed by atoms with Crippen molar-refractivity contribution >= 4 is 23.3 Å². The molecule has 0 aliphatic rings. The van der Waals surface area contributed by atoms with Crippen LogP contribution in [-0.2, 0) is 4.79 Å². The molecule has 0 aromatic carbocycles. The van der Waals surface area contributed by atoms with E-state index in [1.54, 1.807) is 18.3 Å². The SMILES string of the molecule is CCCC(CCN)CCC(=O)Nc1ncccc1Cl. The number of carbonyl (C=O) groups is 1. The van der Waals surface area contributed by atoms with Crippen molar-refractivity contribution in [3.05, 3.63) is 23.4 Å².